The van der Waals surface area contributed by atoms with Crippen molar-refractivity contribution in [3.8, 4) is 0 Å². The summed E-state index contributed by atoms with van der Waals surface area (Å²) in [6, 6.07) is 0. The van der Waals surface area contributed by atoms with E-state index in [4.69, 9.17) is 0 Å². The third-order valence-electron chi connectivity index (χ3n) is 3.75. The van der Waals surface area contributed by atoms with E-state index in [1.807, 2.05) is 13.8 Å². The average molecular weight is 199 g/mol. The zero-order valence-electron chi connectivity index (χ0n) is 11.1. The summed E-state index contributed by atoms with van der Waals surface area (Å²) >= 11 is 0. The molecule has 1 nitrogen and oxygen atoms in total. The van der Waals surface area contributed by atoms with Gasteiger partial charge >= 0.3 is 0 Å². The molecule has 1 heterocycles. The molecule has 0 bridgehead atoms. The van der Waals surface area contributed by atoms with E-state index in [1.54, 1.807) is 0 Å². The quantitative estimate of drug-likeness (QED) is 0.621. The Morgan fingerprint density at radius 2 is 1.64 bits per heavy atom. The standard InChI is InChI=1S/C11H23N.C2H6/c1-10(2)11(3)6-5-8-12(4)9-7-11;1-2/h10H,5-9H2,1-4H3;1-2H3. The molecule has 0 spiro atoms. The fourth-order valence-electron chi connectivity index (χ4n) is 2.01. The van der Waals surface area contributed by atoms with Gasteiger partial charge in [-0.1, -0.05) is 34.6 Å². The first kappa shape index (κ1) is 14.0. The normalized spacial score (nSPS) is 29.4. The molecule has 1 atom stereocenters. The molecular weight excluding hydrogens is 170 g/mol. The van der Waals surface area contributed by atoms with Crippen LogP contribution in [0.4, 0.5) is 0 Å². The molecule has 1 aliphatic rings. The van der Waals surface area contributed by atoms with Crippen LogP contribution in [0.2, 0.25) is 0 Å². The van der Waals surface area contributed by atoms with Crippen LogP contribution in [0.25, 0.3) is 0 Å². The lowest BCUT2D eigenvalue weighted by Crippen LogP contribution is -2.25. The Morgan fingerprint density at radius 3 is 2.14 bits per heavy atom. The summed E-state index contributed by atoms with van der Waals surface area (Å²) in [6.45, 7) is 13.8. The van der Waals surface area contributed by atoms with Crippen LogP contribution in [0.5, 0.6) is 0 Å². The van der Waals surface area contributed by atoms with Gasteiger partial charge in [0.05, 0.1) is 0 Å². The summed E-state index contributed by atoms with van der Waals surface area (Å²) in [5, 5.41) is 0. The maximum Gasteiger partial charge on any atom is -0.00165 e. The van der Waals surface area contributed by atoms with Gasteiger partial charge in [-0.05, 0) is 50.7 Å². The zero-order chi connectivity index (χ0) is 11.2. The fraction of sp³-hybridized carbons (Fsp3) is 1.00. The van der Waals surface area contributed by atoms with Crippen molar-refractivity contribution in [1.82, 2.24) is 4.90 Å². The number of rotatable bonds is 1. The molecule has 0 aromatic carbocycles. The Hall–Kier alpha value is -0.0400. The molecule has 1 heteroatoms. The summed E-state index contributed by atoms with van der Waals surface area (Å²) in [4.78, 5) is 2.47. The molecule has 0 amide bonds. The van der Waals surface area contributed by atoms with Crippen molar-refractivity contribution < 1.29 is 0 Å². The molecule has 0 aliphatic carbocycles. The van der Waals surface area contributed by atoms with E-state index >= 15 is 0 Å². The van der Waals surface area contributed by atoms with Gasteiger partial charge in [-0.2, -0.15) is 0 Å². The van der Waals surface area contributed by atoms with Gasteiger partial charge in [-0.25, -0.2) is 0 Å². The molecule has 14 heavy (non-hydrogen) atoms. The third-order valence-corrected chi connectivity index (χ3v) is 3.75. The first-order valence-electron chi connectivity index (χ1n) is 6.23. The van der Waals surface area contributed by atoms with Gasteiger partial charge in [0, 0.05) is 0 Å². The average Bonchev–Trinajstić information content (AvgIpc) is 2.33. The Morgan fingerprint density at radius 1 is 1.07 bits per heavy atom. The molecule has 0 radical (unpaired) electrons. The van der Waals surface area contributed by atoms with E-state index in [0.29, 0.717) is 5.41 Å². The predicted octanol–water partition coefficient (Wildman–Crippen LogP) is 3.79. The second-order valence-electron chi connectivity index (χ2n) is 4.97. The lowest BCUT2D eigenvalue weighted by molar-refractivity contribution is 0.184. The Kier molecular flexibility index (Phi) is 6.43. The maximum atomic E-state index is 2.47. The van der Waals surface area contributed by atoms with Gasteiger partial charge < -0.3 is 4.90 Å². The van der Waals surface area contributed by atoms with Gasteiger partial charge in [0.25, 0.3) is 0 Å². The second-order valence-corrected chi connectivity index (χ2v) is 4.97. The molecule has 1 saturated heterocycles. The molecule has 86 valence electrons. The van der Waals surface area contributed by atoms with Gasteiger partial charge in [0.2, 0.25) is 0 Å². The summed E-state index contributed by atoms with van der Waals surface area (Å²) in [6.07, 6.45) is 4.17. The first-order chi connectivity index (χ1) is 6.54. The summed E-state index contributed by atoms with van der Waals surface area (Å²) in [7, 11) is 2.24. The number of nitrogens with zero attached hydrogens (tertiary/aromatic N) is 1. The fourth-order valence-corrected chi connectivity index (χ4v) is 2.01. The van der Waals surface area contributed by atoms with Crippen LogP contribution in [0.1, 0.15) is 53.9 Å². The van der Waals surface area contributed by atoms with Crippen molar-refractivity contribution in [3.63, 3.8) is 0 Å². The molecule has 0 N–H and O–H groups in total. The minimum Gasteiger partial charge on any atom is -0.306 e. The minimum atomic E-state index is 0.602. The number of likely N-dealkylation sites (tertiary alicyclic amines) is 1. The lowest BCUT2D eigenvalue weighted by Gasteiger charge is -2.32. The highest BCUT2D eigenvalue weighted by atomic mass is 15.1. The van der Waals surface area contributed by atoms with Crippen LogP contribution in [-0.4, -0.2) is 25.0 Å². The SMILES string of the molecule is CC.CC(C)C1(C)CCCN(C)CC1. The number of hydrogen-bond donors (Lipinski definition) is 0. The largest absolute Gasteiger partial charge is 0.306 e. The molecule has 1 aliphatic heterocycles. The summed E-state index contributed by atoms with van der Waals surface area (Å²) in [5.41, 5.74) is 0.602. The Balaban J connectivity index is 0.000000791. The highest BCUT2D eigenvalue weighted by Crippen LogP contribution is 2.37. The third kappa shape index (κ3) is 4.00. The van der Waals surface area contributed by atoms with Gasteiger partial charge in [0.15, 0.2) is 0 Å². The van der Waals surface area contributed by atoms with Crippen LogP contribution in [-0.2, 0) is 0 Å². The monoisotopic (exact) mass is 199 g/mol. The Bertz CT molecular complexity index is 142. The topological polar surface area (TPSA) is 3.24 Å². The molecule has 0 aromatic heterocycles. The van der Waals surface area contributed by atoms with Crippen molar-refractivity contribution in [2.75, 3.05) is 20.1 Å². The van der Waals surface area contributed by atoms with Crippen LogP contribution in [0.3, 0.4) is 0 Å². The summed E-state index contributed by atoms with van der Waals surface area (Å²) in [5.74, 6) is 0.837. The van der Waals surface area contributed by atoms with Crippen LogP contribution in [0.15, 0.2) is 0 Å². The highest BCUT2D eigenvalue weighted by Gasteiger charge is 2.29. The predicted molar refractivity (Wildman–Crippen MR) is 65.6 cm³/mol. The molecule has 1 fully saturated rings. The molecular formula is C13H29N. The molecule has 0 aromatic rings. The summed E-state index contributed by atoms with van der Waals surface area (Å²) < 4.78 is 0. The second kappa shape index (κ2) is 6.44. The van der Waals surface area contributed by atoms with Crippen LogP contribution >= 0.6 is 0 Å². The van der Waals surface area contributed by atoms with Gasteiger partial charge in [-0.15, -0.1) is 0 Å². The zero-order valence-corrected chi connectivity index (χ0v) is 11.1. The Labute approximate surface area is 90.9 Å². The van der Waals surface area contributed by atoms with E-state index in [9.17, 15) is 0 Å². The van der Waals surface area contributed by atoms with Crippen molar-refractivity contribution >= 4 is 0 Å². The molecule has 1 rings (SSSR count). The minimum absolute atomic E-state index is 0.602. The molecule has 1 unspecified atom stereocenters. The van der Waals surface area contributed by atoms with Crippen molar-refractivity contribution in [2.45, 2.75) is 53.9 Å². The highest BCUT2D eigenvalue weighted by molar-refractivity contribution is 4.81. The van der Waals surface area contributed by atoms with Gasteiger partial charge in [-0.3, -0.25) is 0 Å². The van der Waals surface area contributed by atoms with E-state index < -0.39 is 0 Å². The van der Waals surface area contributed by atoms with Crippen molar-refractivity contribution in [1.29, 1.82) is 0 Å². The van der Waals surface area contributed by atoms with Crippen LogP contribution < -0.4 is 0 Å². The van der Waals surface area contributed by atoms with Crippen molar-refractivity contribution in [3.05, 3.63) is 0 Å². The number of hydrogen-bond acceptors (Lipinski definition) is 1. The van der Waals surface area contributed by atoms with E-state index in [-0.39, 0.29) is 0 Å². The molecule has 0 saturated carbocycles. The van der Waals surface area contributed by atoms with Gasteiger partial charge in [0.1, 0.15) is 0 Å². The van der Waals surface area contributed by atoms with E-state index in [1.165, 1.54) is 32.4 Å². The van der Waals surface area contributed by atoms with E-state index in [2.05, 4.69) is 32.7 Å². The maximum absolute atomic E-state index is 2.47. The lowest BCUT2D eigenvalue weighted by atomic mass is 9.73. The van der Waals surface area contributed by atoms with E-state index in [0.717, 1.165) is 5.92 Å². The first-order valence-corrected chi connectivity index (χ1v) is 6.23. The van der Waals surface area contributed by atoms with Crippen LogP contribution in [0, 0.1) is 11.3 Å². The smallest absolute Gasteiger partial charge is 0.00165 e. The van der Waals surface area contributed by atoms with Crippen molar-refractivity contribution in [2.24, 2.45) is 11.3 Å².